The third-order valence-corrected chi connectivity index (χ3v) is 5.13. The minimum absolute atomic E-state index is 0.324. The van der Waals surface area contributed by atoms with Gasteiger partial charge in [0.2, 0.25) is 0 Å². The van der Waals surface area contributed by atoms with Gasteiger partial charge in [0, 0.05) is 11.5 Å². The summed E-state index contributed by atoms with van der Waals surface area (Å²) in [6.45, 7) is 2.65. The van der Waals surface area contributed by atoms with Gasteiger partial charge in [-0.15, -0.1) is 0 Å². The van der Waals surface area contributed by atoms with Gasteiger partial charge in [-0.25, -0.2) is 0 Å². The van der Waals surface area contributed by atoms with E-state index in [0.29, 0.717) is 18.1 Å². The summed E-state index contributed by atoms with van der Waals surface area (Å²) in [5.74, 6) is -1.13. The maximum atomic E-state index is 11.9. The molecular weight excluding hydrogens is 288 g/mol. The molecule has 5 heteroatoms. The normalized spacial score (nSPS) is 21.4. The molecule has 0 radical (unpaired) electrons. The van der Waals surface area contributed by atoms with E-state index in [-0.39, 0.29) is 5.97 Å². The van der Waals surface area contributed by atoms with Gasteiger partial charge in [-0.2, -0.15) is 11.8 Å². The van der Waals surface area contributed by atoms with Crippen molar-refractivity contribution in [1.82, 2.24) is 0 Å². The Morgan fingerprint density at radius 2 is 1.57 bits per heavy atom. The van der Waals surface area contributed by atoms with Crippen molar-refractivity contribution in [2.45, 2.75) is 58.3 Å². The Bertz CT molecular complexity index is 319. The molecule has 4 nitrogen and oxygen atoms in total. The Hall–Kier alpha value is -0.710. The SMILES string of the molecule is CCCCCCCCCCOC(=O)C1CSCC1C(=O)O. The molecule has 0 spiro atoms. The number of thioether (sulfide) groups is 1. The van der Waals surface area contributed by atoms with Crippen molar-refractivity contribution in [2.75, 3.05) is 18.1 Å². The maximum absolute atomic E-state index is 11.9. The molecule has 1 aliphatic rings. The minimum Gasteiger partial charge on any atom is -0.481 e. The smallest absolute Gasteiger partial charge is 0.310 e. The molecule has 0 bridgehead atoms. The van der Waals surface area contributed by atoms with Crippen molar-refractivity contribution in [3.8, 4) is 0 Å². The first kappa shape index (κ1) is 18.3. The molecule has 1 saturated heterocycles. The molecule has 0 amide bonds. The minimum atomic E-state index is -0.881. The molecule has 0 saturated carbocycles. The predicted octanol–water partition coefficient (Wildman–Crippen LogP) is 3.73. The molecule has 1 N–H and O–H groups in total. The van der Waals surface area contributed by atoms with Gasteiger partial charge in [0.05, 0.1) is 18.4 Å². The molecule has 0 aromatic heterocycles. The molecule has 21 heavy (non-hydrogen) atoms. The fourth-order valence-corrected chi connectivity index (χ4v) is 3.93. The van der Waals surface area contributed by atoms with E-state index in [0.717, 1.165) is 12.8 Å². The molecule has 1 fully saturated rings. The average Bonchev–Trinajstić information content (AvgIpc) is 2.95. The van der Waals surface area contributed by atoms with Gasteiger partial charge in [0.1, 0.15) is 0 Å². The summed E-state index contributed by atoms with van der Waals surface area (Å²) >= 11 is 1.52. The highest BCUT2D eigenvalue weighted by molar-refractivity contribution is 7.99. The van der Waals surface area contributed by atoms with Crippen LogP contribution in [0.4, 0.5) is 0 Å². The van der Waals surface area contributed by atoms with Crippen molar-refractivity contribution < 1.29 is 19.4 Å². The first-order chi connectivity index (χ1) is 10.2. The highest BCUT2D eigenvalue weighted by atomic mass is 32.2. The van der Waals surface area contributed by atoms with Gasteiger partial charge < -0.3 is 9.84 Å². The zero-order chi connectivity index (χ0) is 15.5. The standard InChI is InChI=1S/C16H28O4S/c1-2-3-4-5-6-7-8-9-10-20-16(19)14-12-21-11-13(14)15(17)18/h13-14H,2-12H2,1H3,(H,17,18). The lowest BCUT2D eigenvalue weighted by molar-refractivity contribution is -0.155. The van der Waals surface area contributed by atoms with Crippen LogP contribution in [0.2, 0.25) is 0 Å². The van der Waals surface area contributed by atoms with Crippen LogP contribution in [0.5, 0.6) is 0 Å². The number of carboxylic acids is 1. The van der Waals surface area contributed by atoms with Crippen LogP contribution >= 0.6 is 11.8 Å². The van der Waals surface area contributed by atoms with Gasteiger partial charge in [-0.3, -0.25) is 9.59 Å². The number of hydrogen-bond donors (Lipinski definition) is 1. The molecule has 2 unspecified atom stereocenters. The van der Waals surface area contributed by atoms with Gasteiger partial charge in [0.25, 0.3) is 0 Å². The lowest BCUT2D eigenvalue weighted by Crippen LogP contribution is -2.30. The van der Waals surface area contributed by atoms with E-state index in [1.807, 2.05) is 0 Å². The van der Waals surface area contributed by atoms with Gasteiger partial charge in [-0.05, 0) is 6.42 Å². The lowest BCUT2D eigenvalue weighted by atomic mass is 9.96. The van der Waals surface area contributed by atoms with Gasteiger partial charge in [-0.1, -0.05) is 51.9 Å². The molecule has 0 aromatic carbocycles. The van der Waals surface area contributed by atoms with E-state index in [2.05, 4.69) is 6.92 Å². The van der Waals surface area contributed by atoms with E-state index < -0.39 is 17.8 Å². The quantitative estimate of drug-likeness (QED) is 0.465. The van der Waals surface area contributed by atoms with E-state index >= 15 is 0 Å². The molecule has 1 aliphatic heterocycles. The van der Waals surface area contributed by atoms with Gasteiger partial charge in [0.15, 0.2) is 0 Å². The average molecular weight is 316 g/mol. The highest BCUT2D eigenvalue weighted by Gasteiger charge is 2.39. The number of esters is 1. The van der Waals surface area contributed by atoms with Crippen LogP contribution in [0, 0.1) is 11.8 Å². The first-order valence-corrected chi connectivity index (χ1v) is 9.29. The molecule has 2 atom stereocenters. The largest absolute Gasteiger partial charge is 0.481 e. The molecule has 1 rings (SSSR count). The number of carbonyl (C=O) groups is 2. The summed E-state index contributed by atoms with van der Waals surface area (Å²) in [5, 5.41) is 9.04. The maximum Gasteiger partial charge on any atom is 0.310 e. The van der Waals surface area contributed by atoms with Crippen LogP contribution in [-0.2, 0) is 14.3 Å². The van der Waals surface area contributed by atoms with E-state index in [1.54, 1.807) is 0 Å². The van der Waals surface area contributed by atoms with Crippen LogP contribution in [0.3, 0.4) is 0 Å². The third kappa shape index (κ3) is 7.21. The van der Waals surface area contributed by atoms with Crippen LogP contribution in [0.1, 0.15) is 58.3 Å². The van der Waals surface area contributed by atoms with Crippen LogP contribution in [0.15, 0.2) is 0 Å². The monoisotopic (exact) mass is 316 g/mol. The van der Waals surface area contributed by atoms with Crippen molar-refractivity contribution >= 4 is 23.7 Å². The predicted molar refractivity (Wildman–Crippen MR) is 85.5 cm³/mol. The van der Waals surface area contributed by atoms with Crippen molar-refractivity contribution in [2.24, 2.45) is 11.8 Å². The lowest BCUT2D eigenvalue weighted by Gasteiger charge is -2.13. The van der Waals surface area contributed by atoms with Crippen molar-refractivity contribution in [3.63, 3.8) is 0 Å². The molecule has 0 aromatic rings. The number of unbranched alkanes of at least 4 members (excludes halogenated alkanes) is 7. The Kier molecular flexibility index (Phi) is 9.55. The van der Waals surface area contributed by atoms with Crippen LogP contribution in [-0.4, -0.2) is 35.2 Å². The number of aliphatic carboxylic acids is 1. The Morgan fingerprint density at radius 3 is 2.19 bits per heavy atom. The zero-order valence-corrected chi connectivity index (χ0v) is 13.8. The second-order valence-corrected chi connectivity index (χ2v) is 6.81. The highest BCUT2D eigenvalue weighted by Crippen LogP contribution is 2.31. The van der Waals surface area contributed by atoms with E-state index in [1.165, 1.54) is 50.3 Å². The Balaban J connectivity index is 2.02. The summed E-state index contributed by atoms with van der Waals surface area (Å²) in [6, 6.07) is 0. The molecular formula is C16H28O4S. The van der Waals surface area contributed by atoms with E-state index in [9.17, 15) is 9.59 Å². The number of hydrogen-bond acceptors (Lipinski definition) is 4. The summed E-state index contributed by atoms with van der Waals surface area (Å²) < 4.78 is 5.24. The molecule has 0 aliphatic carbocycles. The first-order valence-electron chi connectivity index (χ1n) is 8.14. The third-order valence-electron chi connectivity index (χ3n) is 3.94. The van der Waals surface area contributed by atoms with Crippen LogP contribution in [0.25, 0.3) is 0 Å². The number of ether oxygens (including phenoxy) is 1. The van der Waals surface area contributed by atoms with Crippen molar-refractivity contribution in [3.05, 3.63) is 0 Å². The van der Waals surface area contributed by atoms with Crippen molar-refractivity contribution in [1.29, 1.82) is 0 Å². The molecule has 1 heterocycles. The Morgan fingerprint density at radius 1 is 1.00 bits per heavy atom. The summed E-state index contributed by atoms with van der Waals surface area (Å²) in [7, 11) is 0. The fourth-order valence-electron chi connectivity index (χ4n) is 2.55. The second kappa shape index (κ2) is 10.9. The zero-order valence-electron chi connectivity index (χ0n) is 13.0. The fraction of sp³-hybridized carbons (Fsp3) is 0.875. The molecule has 122 valence electrons. The summed E-state index contributed by atoms with van der Waals surface area (Å²) in [4.78, 5) is 22.9. The number of rotatable bonds is 11. The van der Waals surface area contributed by atoms with Gasteiger partial charge >= 0.3 is 11.9 Å². The summed E-state index contributed by atoms with van der Waals surface area (Å²) in [5.41, 5.74) is 0. The number of carboxylic acid groups (broad SMARTS) is 1. The summed E-state index contributed by atoms with van der Waals surface area (Å²) in [6.07, 6.45) is 9.63. The Labute approximate surface area is 132 Å². The topological polar surface area (TPSA) is 63.6 Å². The number of carbonyl (C=O) groups excluding carboxylic acids is 1. The van der Waals surface area contributed by atoms with Crippen LogP contribution < -0.4 is 0 Å². The van der Waals surface area contributed by atoms with E-state index in [4.69, 9.17) is 9.84 Å². The second-order valence-electron chi connectivity index (χ2n) is 5.73.